The number of imidazole rings is 1. The maximum absolute atomic E-state index is 13.0. The van der Waals surface area contributed by atoms with E-state index in [1.54, 1.807) is 4.90 Å². The summed E-state index contributed by atoms with van der Waals surface area (Å²) in [4.78, 5) is 31.6. The van der Waals surface area contributed by atoms with Gasteiger partial charge in [0, 0.05) is 31.6 Å². The molecule has 0 saturated heterocycles. The molecule has 0 spiro atoms. The van der Waals surface area contributed by atoms with Crippen molar-refractivity contribution < 1.29 is 9.59 Å². The molecule has 0 aliphatic rings. The lowest BCUT2D eigenvalue weighted by Gasteiger charge is -2.18. The summed E-state index contributed by atoms with van der Waals surface area (Å²) in [6.45, 7) is 5.09. The molecule has 0 aliphatic carbocycles. The third-order valence-electron chi connectivity index (χ3n) is 6.28. The minimum absolute atomic E-state index is 0.0229. The van der Waals surface area contributed by atoms with E-state index in [9.17, 15) is 9.59 Å². The van der Waals surface area contributed by atoms with Gasteiger partial charge in [-0.05, 0) is 49.9 Å². The first-order valence-corrected chi connectivity index (χ1v) is 12.1. The van der Waals surface area contributed by atoms with Gasteiger partial charge in [0.15, 0.2) is 0 Å². The van der Waals surface area contributed by atoms with Gasteiger partial charge in [0.1, 0.15) is 12.4 Å². The van der Waals surface area contributed by atoms with Crippen LogP contribution < -0.4 is 10.2 Å². The Labute approximate surface area is 197 Å². The summed E-state index contributed by atoms with van der Waals surface area (Å²) < 4.78 is 2.05. The van der Waals surface area contributed by atoms with Gasteiger partial charge in [0.05, 0.1) is 11.0 Å². The number of hydrogen-bond donors (Lipinski definition) is 1. The second kappa shape index (κ2) is 12.2. The lowest BCUT2D eigenvalue weighted by molar-refractivity contribution is -0.125. The molecule has 0 fully saturated rings. The van der Waals surface area contributed by atoms with Crippen LogP contribution in [0.4, 0.5) is 5.69 Å². The number of aromatic nitrogens is 2. The van der Waals surface area contributed by atoms with Gasteiger partial charge in [-0.2, -0.15) is 0 Å². The number of amides is 2. The van der Waals surface area contributed by atoms with Crippen LogP contribution in [0.25, 0.3) is 11.0 Å². The molecule has 33 heavy (non-hydrogen) atoms. The van der Waals surface area contributed by atoms with Crippen molar-refractivity contribution in [3.63, 3.8) is 0 Å². The largest absolute Gasteiger partial charge is 0.356 e. The summed E-state index contributed by atoms with van der Waals surface area (Å²) in [7, 11) is 1.81. The van der Waals surface area contributed by atoms with Crippen molar-refractivity contribution in [3.05, 3.63) is 60.4 Å². The second-order valence-electron chi connectivity index (χ2n) is 8.51. The summed E-state index contributed by atoms with van der Waals surface area (Å²) in [5, 5.41) is 3.06. The van der Waals surface area contributed by atoms with Crippen molar-refractivity contribution in [3.8, 4) is 0 Å². The third kappa shape index (κ3) is 6.44. The minimum Gasteiger partial charge on any atom is -0.356 e. The average Bonchev–Trinajstić information content (AvgIpc) is 3.19. The molecule has 3 aromatic rings. The number of benzene rings is 2. The van der Waals surface area contributed by atoms with Crippen LogP contribution in [0.2, 0.25) is 0 Å². The first-order chi connectivity index (χ1) is 16.0. The zero-order valence-electron chi connectivity index (χ0n) is 20.1. The molecular formula is C27H36N4O2. The van der Waals surface area contributed by atoms with Crippen molar-refractivity contribution in [2.45, 2.75) is 58.9 Å². The predicted octanol–water partition coefficient (Wildman–Crippen LogP) is 4.96. The van der Waals surface area contributed by atoms with Crippen molar-refractivity contribution in [2.75, 3.05) is 18.5 Å². The molecule has 1 aromatic heterocycles. The molecule has 6 heteroatoms. The quantitative estimate of drug-likeness (QED) is 0.398. The molecule has 0 unspecified atom stereocenters. The Morgan fingerprint density at radius 1 is 0.970 bits per heavy atom. The van der Waals surface area contributed by atoms with Crippen LogP contribution in [0.3, 0.4) is 0 Å². The summed E-state index contributed by atoms with van der Waals surface area (Å²) in [5.74, 6) is 1.25. The Balaban J connectivity index is 1.59. The van der Waals surface area contributed by atoms with Crippen LogP contribution in [0.15, 0.2) is 54.6 Å². The molecular weight excluding hydrogens is 412 g/mol. The smallest absolute Gasteiger partial charge is 0.246 e. The Bertz CT molecular complexity index is 1040. The highest BCUT2D eigenvalue weighted by Gasteiger charge is 2.17. The van der Waals surface area contributed by atoms with Crippen molar-refractivity contribution in [2.24, 2.45) is 5.92 Å². The van der Waals surface area contributed by atoms with E-state index in [0.717, 1.165) is 61.1 Å². The molecule has 0 aliphatic heterocycles. The molecule has 1 heterocycles. The number of anilines is 1. The van der Waals surface area contributed by atoms with Gasteiger partial charge in [-0.3, -0.25) is 9.59 Å². The number of nitrogens with one attached hydrogen (secondary N) is 1. The van der Waals surface area contributed by atoms with E-state index in [-0.39, 0.29) is 24.3 Å². The summed E-state index contributed by atoms with van der Waals surface area (Å²) >= 11 is 0. The maximum atomic E-state index is 13.0. The van der Waals surface area contributed by atoms with Gasteiger partial charge in [-0.1, -0.05) is 50.6 Å². The Morgan fingerprint density at radius 3 is 2.39 bits per heavy atom. The van der Waals surface area contributed by atoms with Crippen LogP contribution in [0, 0.1) is 5.92 Å². The Kier molecular flexibility index (Phi) is 9.04. The normalized spacial score (nSPS) is 11.2. The fourth-order valence-electron chi connectivity index (χ4n) is 4.13. The second-order valence-corrected chi connectivity index (χ2v) is 8.51. The molecule has 1 N–H and O–H groups in total. The van der Waals surface area contributed by atoms with Crippen LogP contribution >= 0.6 is 0 Å². The van der Waals surface area contributed by atoms with Gasteiger partial charge in [-0.25, -0.2) is 4.98 Å². The van der Waals surface area contributed by atoms with E-state index in [1.165, 1.54) is 0 Å². The monoisotopic (exact) mass is 448 g/mol. The summed E-state index contributed by atoms with van der Waals surface area (Å²) in [6, 6.07) is 17.7. The number of unbranched alkanes of at least 4 members (excludes halogenated alkanes) is 2. The van der Waals surface area contributed by atoms with Gasteiger partial charge < -0.3 is 14.8 Å². The Morgan fingerprint density at radius 2 is 1.67 bits per heavy atom. The van der Waals surface area contributed by atoms with Crippen LogP contribution in [0.5, 0.6) is 0 Å². The number of rotatable bonds is 12. The molecule has 0 atom stereocenters. The molecule has 0 bridgehead atoms. The van der Waals surface area contributed by atoms with Crippen molar-refractivity contribution in [1.82, 2.24) is 14.9 Å². The molecule has 2 aromatic carbocycles. The molecule has 3 rings (SSSR count). The van der Waals surface area contributed by atoms with Gasteiger partial charge >= 0.3 is 0 Å². The van der Waals surface area contributed by atoms with Gasteiger partial charge in [0.2, 0.25) is 11.8 Å². The zero-order chi connectivity index (χ0) is 23.6. The van der Waals surface area contributed by atoms with Gasteiger partial charge in [0.25, 0.3) is 0 Å². The fraction of sp³-hybridized carbons (Fsp3) is 0.444. The number of fused-ring (bicyclic) bond motifs is 1. The molecule has 0 saturated carbocycles. The number of aryl methyl sites for hydroxylation is 1. The zero-order valence-corrected chi connectivity index (χ0v) is 20.1. The number of carbonyl (C=O) groups excluding carboxylic acids is 2. The molecule has 0 radical (unpaired) electrons. The van der Waals surface area contributed by atoms with E-state index in [1.807, 2.05) is 66.2 Å². The van der Waals surface area contributed by atoms with E-state index in [4.69, 9.17) is 4.98 Å². The van der Waals surface area contributed by atoms with E-state index < -0.39 is 0 Å². The highest BCUT2D eigenvalue weighted by molar-refractivity contribution is 5.93. The number of carbonyl (C=O) groups is 2. The highest BCUT2D eigenvalue weighted by Crippen LogP contribution is 2.19. The highest BCUT2D eigenvalue weighted by atomic mass is 16.2. The number of hydrogen-bond acceptors (Lipinski definition) is 3. The van der Waals surface area contributed by atoms with Crippen molar-refractivity contribution >= 4 is 28.5 Å². The minimum atomic E-state index is 0.0229. The number of para-hydroxylation sites is 3. The van der Waals surface area contributed by atoms with Crippen LogP contribution in [-0.2, 0) is 22.6 Å². The first kappa shape index (κ1) is 24.5. The molecule has 176 valence electrons. The van der Waals surface area contributed by atoms with Crippen LogP contribution in [-0.4, -0.2) is 35.0 Å². The third-order valence-corrected chi connectivity index (χ3v) is 6.28. The summed E-state index contributed by atoms with van der Waals surface area (Å²) in [5.41, 5.74) is 2.78. The topological polar surface area (TPSA) is 67.2 Å². The predicted molar refractivity (Wildman–Crippen MR) is 134 cm³/mol. The average molecular weight is 449 g/mol. The molecule has 2 amide bonds. The molecule has 6 nitrogen and oxygen atoms in total. The van der Waals surface area contributed by atoms with Gasteiger partial charge in [-0.15, -0.1) is 0 Å². The van der Waals surface area contributed by atoms with E-state index in [0.29, 0.717) is 6.54 Å². The lowest BCUT2D eigenvalue weighted by atomic mass is 10.0. The summed E-state index contributed by atoms with van der Waals surface area (Å²) in [6.07, 6.45) is 5.49. The first-order valence-electron chi connectivity index (χ1n) is 12.1. The maximum Gasteiger partial charge on any atom is 0.246 e. The lowest BCUT2D eigenvalue weighted by Crippen LogP contribution is -2.31. The SMILES string of the molecule is CCC(CC)C(=O)NCCCCCc1nc2ccccc2n1CC(=O)N(C)c1ccccc1. The number of nitrogens with zero attached hydrogens (tertiary/aromatic N) is 3. The van der Waals surface area contributed by atoms with E-state index >= 15 is 0 Å². The fourth-order valence-corrected chi connectivity index (χ4v) is 4.13. The Hall–Kier alpha value is -3.15. The standard InChI is InChI=1S/C27H36N4O2/c1-4-21(5-2)27(33)28-19-13-7-10-18-25-29-23-16-11-12-17-24(23)31(25)20-26(32)30(3)22-14-8-6-9-15-22/h6,8-9,11-12,14-17,21H,4-5,7,10,13,18-20H2,1-3H3,(H,28,33). The number of likely N-dealkylation sites (N-methyl/N-ethyl adjacent to an activating group) is 1. The van der Waals surface area contributed by atoms with Crippen LogP contribution in [0.1, 0.15) is 51.8 Å². The van der Waals surface area contributed by atoms with E-state index in [2.05, 4.69) is 19.2 Å². The van der Waals surface area contributed by atoms with Crippen molar-refractivity contribution in [1.29, 1.82) is 0 Å².